The van der Waals surface area contributed by atoms with E-state index in [4.69, 9.17) is 4.74 Å². The Morgan fingerprint density at radius 2 is 1.63 bits per heavy atom. The van der Waals surface area contributed by atoms with Gasteiger partial charge in [0.2, 0.25) is 0 Å². The van der Waals surface area contributed by atoms with Crippen LogP contribution in [0.4, 0.5) is 0 Å². The van der Waals surface area contributed by atoms with Gasteiger partial charge in [0, 0.05) is 6.04 Å². The number of hydrogen-bond donors (Lipinski definition) is 0. The van der Waals surface area contributed by atoms with Crippen LogP contribution in [0.3, 0.4) is 0 Å². The predicted molar refractivity (Wildman–Crippen MR) is 83.4 cm³/mol. The third kappa shape index (κ3) is 9.04. The Balaban J connectivity index is 0. The molecule has 1 rings (SSSR count). The molecular formula is C16H35NO2. The van der Waals surface area contributed by atoms with Gasteiger partial charge in [-0.2, -0.15) is 0 Å². The van der Waals surface area contributed by atoms with Crippen molar-refractivity contribution in [3.05, 3.63) is 0 Å². The molecule has 1 saturated heterocycles. The Kier molecular flexibility index (Phi) is 11.2. The first-order valence-electron chi connectivity index (χ1n) is 7.72. The first-order valence-corrected chi connectivity index (χ1v) is 7.72. The van der Waals surface area contributed by atoms with Gasteiger partial charge in [0.1, 0.15) is 5.60 Å². The minimum Gasteiger partial charge on any atom is -0.460 e. The smallest absolute Gasteiger partial charge is 0.309 e. The summed E-state index contributed by atoms with van der Waals surface area (Å²) in [4.78, 5) is 14.1. The maximum atomic E-state index is 11.8. The van der Waals surface area contributed by atoms with E-state index in [-0.39, 0.29) is 17.5 Å². The molecule has 0 aromatic heterocycles. The quantitative estimate of drug-likeness (QED) is 0.673. The van der Waals surface area contributed by atoms with Crippen LogP contribution in [0.5, 0.6) is 0 Å². The number of carbonyl (C=O) groups is 1. The van der Waals surface area contributed by atoms with Crippen molar-refractivity contribution in [3.8, 4) is 0 Å². The Labute approximate surface area is 120 Å². The molecule has 0 saturated carbocycles. The molecule has 2 unspecified atom stereocenters. The summed E-state index contributed by atoms with van der Waals surface area (Å²) in [6.07, 6.45) is 1.85. The molecule has 0 radical (unpaired) electrons. The molecule has 0 amide bonds. The SMILES string of the molecule is CC.CC.CC1CC(C(=O)OC(C)(C)C)CCN1C. The molecule has 0 aliphatic carbocycles. The molecule has 1 fully saturated rings. The van der Waals surface area contributed by atoms with Crippen molar-refractivity contribution in [1.82, 2.24) is 4.90 Å². The molecule has 1 heterocycles. The maximum absolute atomic E-state index is 11.8. The summed E-state index contributed by atoms with van der Waals surface area (Å²) < 4.78 is 5.40. The lowest BCUT2D eigenvalue weighted by Crippen LogP contribution is -2.41. The molecule has 1 aliphatic heterocycles. The van der Waals surface area contributed by atoms with Crippen LogP contribution in [-0.4, -0.2) is 36.1 Å². The second kappa shape index (κ2) is 10.2. The van der Waals surface area contributed by atoms with Crippen LogP contribution < -0.4 is 0 Å². The minimum atomic E-state index is -0.357. The second-order valence-corrected chi connectivity index (χ2v) is 5.58. The summed E-state index contributed by atoms with van der Waals surface area (Å²) in [6.45, 7) is 16.9. The molecule has 0 bridgehead atoms. The summed E-state index contributed by atoms with van der Waals surface area (Å²) in [7, 11) is 2.11. The largest absolute Gasteiger partial charge is 0.460 e. The number of hydrogen-bond acceptors (Lipinski definition) is 3. The lowest BCUT2D eigenvalue weighted by atomic mass is 9.92. The van der Waals surface area contributed by atoms with Gasteiger partial charge in [0.25, 0.3) is 0 Å². The maximum Gasteiger partial charge on any atom is 0.309 e. The fourth-order valence-electron chi connectivity index (χ4n) is 1.89. The van der Waals surface area contributed by atoms with Gasteiger partial charge < -0.3 is 9.64 Å². The molecule has 3 heteroatoms. The summed E-state index contributed by atoms with van der Waals surface area (Å²) in [6, 6.07) is 0.483. The lowest BCUT2D eigenvalue weighted by molar-refractivity contribution is -0.162. The van der Waals surface area contributed by atoms with Crippen molar-refractivity contribution >= 4 is 5.97 Å². The van der Waals surface area contributed by atoms with Gasteiger partial charge in [-0.25, -0.2) is 0 Å². The van der Waals surface area contributed by atoms with E-state index in [1.807, 2.05) is 48.5 Å². The zero-order valence-corrected chi connectivity index (χ0v) is 14.5. The summed E-state index contributed by atoms with van der Waals surface area (Å²) in [5.41, 5.74) is -0.357. The van der Waals surface area contributed by atoms with Crippen LogP contribution in [0.25, 0.3) is 0 Å². The van der Waals surface area contributed by atoms with Crippen LogP contribution in [-0.2, 0) is 9.53 Å². The fraction of sp³-hybridized carbons (Fsp3) is 0.938. The van der Waals surface area contributed by atoms with E-state index in [0.717, 1.165) is 19.4 Å². The lowest BCUT2D eigenvalue weighted by Gasteiger charge is -2.35. The standard InChI is InChI=1S/C12H23NO2.2C2H6/c1-9-8-10(6-7-13(9)5)11(14)15-12(2,3)4;2*1-2/h9-10H,6-8H2,1-5H3;2*1-2H3. The summed E-state index contributed by atoms with van der Waals surface area (Å²) >= 11 is 0. The Morgan fingerprint density at radius 1 is 1.16 bits per heavy atom. The molecule has 3 nitrogen and oxygen atoms in total. The van der Waals surface area contributed by atoms with Gasteiger partial charge >= 0.3 is 5.97 Å². The second-order valence-electron chi connectivity index (χ2n) is 5.58. The third-order valence-corrected chi connectivity index (χ3v) is 2.95. The van der Waals surface area contributed by atoms with Crippen molar-refractivity contribution in [3.63, 3.8) is 0 Å². The Hall–Kier alpha value is -0.570. The topological polar surface area (TPSA) is 29.5 Å². The highest BCUT2D eigenvalue weighted by Crippen LogP contribution is 2.24. The number of piperidine rings is 1. The van der Waals surface area contributed by atoms with E-state index >= 15 is 0 Å². The Bertz CT molecular complexity index is 233. The van der Waals surface area contributed by atoms with Crippen LogP contribution in [0.1, 0.15) is 68.2 Å². The molecule has 0 spiro atoms. The molecule has 19 heavy (non-hydrogen) atoms. The zero-order valence-electron chi connectivity index (χ0n) is 14.5. The predicted octanol–water partition coefficient (Wildman–Crippen LogP) is 4.11. The summed E-state index contributed by atoms with van der Waals surface area (Å²) in [5.74, 6) is 0.0675. The molecular weight excluding hydrogens is 238 g/mol. The molecule has 0 aromatic rings. The van der Waals surface area contributed by atoms with Crippen LogP contribution in [0.15, 0.2) is 0 Å². The minimum absolute atomic E-state index is 0.0255. The monoisotopic (exact) mass is 273 g/mol. The number of carbonyl (C=O) groups excluding carboxylic acids is 1. The van der Waals surface area contributed by atoms with E-state index in [1.165, 1.54) is 0 Å². The van der Waals surface area contributed by atoms with Gasteiger partial charge in [-0.05, 0) is 54.1 Å². The molecule has 116 valence electrons. The number of rotatable bonds is 1. The molecule has 1 aliphatic rings. The van der Waals surface area contributed by atoms with Crippen molar-refractivity contribution in [1.29, 1.82) is 0 Å². The van der Waals surface area contributed by atoms with Gasteiger partial charge in [0.15, 0.2) is 0 Å². The fourth-order valence-corrected chi connectivity index (χ4v) is 1.89. The van der Waals surface area contributed by atoms with Crippen molar-refractivity contribution in [2.45, 2.75) is 79.9 Å². The zero-order chi connectivity index (χ0) is 15.6. The van der Waals surface area contributed by atoms with Crippen molar-refractivity contribution < 1.29 is 9.53 Å². The van der Waals surface area contributed by atoms with Gasteiger partial charge in [-0.3, -0.25) is 4.79 Å². The number of esters is 1. The average molecular weight is 273 g/mol. The molecule has 2 atom stereocenters. The van der Waals surface area contributed by atoms with E-state index in [0.29, 0.717) is 6.04 Å². The number of likely N-dealkylation sites (tertiary alicyclic amines) is 1. The third-order valence-electron chi connectivity index (χ3n) is 2.95. The summed E-state index contributed by atoms with van der Waals surface area (Å²) in [5, 5.41) is 0. The highest BCUT2D eigenvalue weighted by atomic mass is 16.6. The van der Waals surface area contributed by atoms with Gasteiger partial charge in [-0.1, -0.05) is 27.7 Å². The van der Waals surface area contributed by atoms with Crippen LogP contribution in [0, 0.1) is 5.92 Å². The van der Waals surface area contributed by atoms with E-state index in [9.17, 15) is 4.79 Å². The highest BCUT2D eigenvalue weighted by Gasteiger charge is 2.31. The van der Waals surface area contributed by atoms with Crippen LogP contribution >= 0.6 is 0 Å². The van der Waals surface area contributed by atoms with Gasteiger partial charge in [-0.15, -0.1) is 0 Å². The Morgan fingerprint density at radius 3 is 2.00 bits per heavy atom. The number of nitrogens with zero attached hydrogens (tertiary/aromatic N) is 1. The van der Waals surface area contributed by atoms with Crippen LogP contribution in [0.2, 0.25) is 0 Å². The first kappa shape index (κ1) is 20.7. The highest BCUT2D eigenvalue weighted by molar-refractivity contribution is 5.73. The first-order chi connectivity index (χ1) is 8.79. The van der Waals surface area contributed by atoms with Crippen molar-refractivity contribution in [2.75, 3.05) is 13.6 Å². The number of ether oxygens (including phenoxy) is 1. The normalized spacial score (nSPS) is 23.4. The van der Waals surface area contributed by atoms with E-state index in [2.05, 4.69) is 18.9 Å². The molecule has 0 N–H and O–H groups in total. The van der Waals surface area contributed by atoms with E-state index in [1.54, 1.807) is 0 Å². The average Bonchev–Trinajstić information content (AvgIpc) is 2.35. The van der Waals surface area contributed by atoms with Crippen molar-refractivity contribution in [2.24, 2.45) is 5.92 Å². The molecule has 0 aromatic carbocycles. The van der Waals surface area contributed by atoms with Gasteiger partial charge in [0.05, 0.1) is 5.92 Å². The van der Waals surface area contributed by atoms with E-state index < -0.39 is 0 Å².